The van der Waals surface area contributed by atoms with Gasteiger partial charge in [-0.15, -0.1) is 0 Å². The predicted molar refractivity (Wildman–Crippen MR) is 77.9 cm³/mol. The van der Waals surface area contributed by atoms with E-state index in [2.05, 4.69) is 5.10 Å². The Hall–Kier alpha value is -1.89. The fourth-order valence-corrected chi connectivity index (χ4v) is 3.26. The zero-order valence-electron chi connectivity index (χ0n) is 11.9. The second kappa shape index (κ2) is 7.21. The normalized spacial score (nSPS) is 12.1. The Balaban J connectivity index is 2.23. The van der Waals surface area contributed by atoms with E-state index in [1.54, 1.807) is 30.5 Å². The van der Waals surface area contributed by atoms with Crippen molar-refractivity contribution in [2.24, 2.45) is 0 Å². The molecule has 1 heterocycles. The van der Waals surface area contributed by atoms with Crippen molar-refractivity contribution in [1.29, 1.82) is 0 Å². The number of aryl methyl sites for hydroxylation is 1. The van der Waals surface area contributed by atoms with Gasteiger partial charge < -0.3 is 9.47 Å². The lowest BCUT2D eigenvalue weighted by Crippen LogP contribution is -2.04. The zero-order chi connectivity index (χ0) is 15.2. The Morgan fingerprint density at radius 3 is 2.48 bits per heavy atom. The predicted octanol–water partition coefficient (Wildman–Crippen LogP) is 2.18. The lowest BCUT2D eigenvalue weighted by atomic mass is 10.3. The second-order valence-electron chi connectivity index (χ2n) is 4.24. The van der Waals surface area contributed by atoms with E-state index in [0.29, 0.717) is 22.1 Å². The van der Waals surface area contributed by atoms with E-state index in [1.807, 2.05) is 0 Å². The molecule has 114 valence electrons. The van der Waals surface area contributed by atoms with Crippen molar-refractivity contribution in [3.63, 3.8) is 0 Å². The Morgan fingerprint density at radius 1 is 1.24 bits per heavy atom. The third kappa shape index (κ3) is 3.60. The van der Waals surface area contributed by atoms with E-state index in [4.69, 9.17) is 9.47 Å². The Bertz CT molecular complexity index is 608. The number of benzene rings is 1. The maximum Gasteiger partial charge on any atom is 0.138 e. The standard InChI is InChI=1S/C14H17FN2O3S/c1-19-12-4-3-5-13(20-2)14(12)21(18)10-11-6-8-17(16-11)9-7-15/h3-6,8H,7,9-10H2,1-2H3. The Kier molecular flexibility index (Phi) is 5.32. The van der Waals surface area contributed by atoms with Crippen LogP contribution in [0.2, 0.25) is 0 Å². The quantitative estimate of drug-likeness (QED) is 0.786. The van der Waals surface area contributed by atoms with Crippen LogP contribution in [0.3, 0.4) is 0 Å². The van der Waals surface area contributed by atoms with Gasteiger partial charge in [-0.05, 0) is 18.2 Å². The van der Waals surface area contributed by atoms with Gasteiger partial charge >= 0.3 is 0 Å². The summed E-state index contributed by atoms with van der Waals surface area (Å²) < 4.78 is 36.8. The summed E-state index contributed by atoms with van der Waals surface area (Å²) in [6.07, 6.45) is 1.67. The average molecular weight is 312 g/mol. The molecule has 0 radical (unpaired) electrons. The molecule has 0 saturated heterocycles. The molecular formula is C14H17FN2O3S. The molecule has 1 aromatic heterocycles. The monoisotopic (exact) mass is 312 g/mol. The molecule has 1 unspecified atom stereocenters. The molecule has 2 aromatic rings. The maximum atomic E-state index is 12.6. The van der Waals surface area contributed by atoms with Gasteiger partial charge in [-0.2, -0.15) is 5.10 Å². The first-order valence-electron chi connectivity index (χ1n) is 6.37. The molecule has 21 heavy (non-hydrogen) atoms. The van der Waals surface area contributed by atoms with Crippen molar-refractivity contribution < 1.29 is 18.1 Å². The van der Waals surface area contributed by atoms with Gasteiger partial charge in [0.1, 0.15) is 23.1 Å². The minimum absolute atomic E-state index is 0.199. The number of methoxy groups -OCH3 is 2. The van der Waals surface area contributed by atoms with Crippen molar-refractivity contribution >= 4 is 10.8 Å². The summed E-state index contributed by atoms with van der Waals surface area (Å²) in [6, 6.07) is 6.97. The zero-order valence-corrected chi connectivity index (χ0v) is 12.7. The van der Waals surface area contributed by atoms with Crippen LogP contribution in [0.1, 0.15) is 5.69 Å². The van der Waals surface area contributed by atoms with E-state index in [1.165, 1.54) is 18.9 Å². The molecule has 1 atom stereocenters. The minimum atomic E-state index is -1.37. The number of ether oxygens (including phenoxy) is 2. The summed E-state index contributed by atoms with van der Waals surface area (Å²) >= 11 is 0. The highest BCUT2D eigenvalue weighted by atomic mass is 32.2. The molecule has 0 aliphatic carbocycles. The van der Waals surface area contributed by atoms with Crippen LogP contribution in [-0.4, -0.2) is 34.9 Å². The van der Waals surface area contributed by atoms with Crippen LogP contribution >= 0.6 is 0 Å². The molecule has 0 aliphatic heterocycles. The van der Waals surface area contributed by atoms with Gasteiger partial charge in [-0.25, -0.2) is 4.39 Å². The SMILES string of the molecule is COc1cccc(OC)c1S(=O)Cc1ccn(CCF)n1. The van der Waals surface area contributed by atoms with Gasteiger partial charge in [0, 0.05) is 6.20 Å². The van der Waals surface area contributed by atoms with Gasteiger partial charge in [0.25, 0.3) is 0 Å². The molecule has 2 rings (SSSR count). The maximum absolute atomic E-state index is 12.6. The van der Waals surface area contributed by atoms with Crippen molar-refractivity contribution in [1.82, 2.24) is 9.78 Å². The molecule has 1 aromatic carbocycles. The van der Waals surface area contributed by atoms with E-state index in [9.17, 15) is 8.60 Å². The summed E-state index contributed by atoms with van der Waals surface area (Å²) in [4.78, 5) is 0.502. The third-order valence-corrected chi connectivity index (χ3v) is 4.31. The van der Waals surface area contributed by atoms with Crippen LogP contribution in [0.4, 0.5) is 4.39 Å². The van der Waals surface area contributed by atoms with Gasteiger partial charge in [0.05, 0.1) is 43.0 Å². The Labute approximate surface area is 125 Å². The molecule has 0 aliphatic rings. The van der Waals surface area contributed by atoms with Crippen LogP contribution in [-0.2, 0) is 23.1 Å². The van der Waals surface area contributed by atoms with Gasteiger partial charge in [-0.1, -0.05) is 6.07 Å². The van der Waals surface area contributed by atoms with Crippen LogP contribution in [0.5, 0.6) is 11.5 Å². The first-order chi connectivity index (χ1) is 10.2. The topological polar surface area (TPSA) is 53.4 Å². The van der Waals surface area contributed by atoms with E-state index < -0.39 is 17.5 Å². The lowest BCUT2D eigenvalue weighted by Gasteiger charge is -2.11. The van der Waals surface area contributed by atoms with Gasteiger partial charge in [0.2, 0.25) is 0 Å². The summed E-state index contributed by atoms with van der Waals surface area (Å²) in [5.41, 5.74) is 0.634. The van der Waals surface area contributed by atoms with Crippen LogP contribution in [0, 0.1) is 0 Å². The van der Waals surface area contributed by atoms with E-state index >= 15 is 0 Å². The smallest absolute Gasteiger partial charge is 0.138 e. The Morgan fingerprint density at radius 2 is 1.90 bits per heavy atom. The molecule has 0 N–H and O–H groups in total. The fourth-order valence-electron chi connectivity index (χ4n) is 1.94. The van der Waals surface area contributed by atoms with Crippen molar-refractivity contribution in [2.45, 2.75) is 17.2 Å². The number of rotatable bonds is 7. The van der Waals surface area contributed by atoms with Gasteiger partial charge in [-0.3, -0.25) is 8.89 Å². The molecular weight excluding hydrogens is 295 g/mol. The molecule has 0 amide bonds. The molecule has 5 nitrogen and oxygen atoms in total. The summed E-state index contributed by atoms with van der Waals surface area (Å²) in [7, 11) is 1.67. The van der Waals surface area contributed by atoms with Crippen LogP contribution in [0.25, 0.3) is 0 Å². The molecule has 0 bridgehead atoms. The number of hydrogen-bond acceptors (Lipinski definition) is 4. The molecule has 0 saturated carbocycles. The number of aromatic nitrogens is 2. The summed E-state index contributed by atoms with van der Waals surface area (Å²) in [5.74, 6) is 1.24. The second-order valence-corrected chi connectivity index (χ2v) is 5.63. The highest BCUT2D eigenvalue weighted by Gasteiger charge is 2.18. The largest absolute Gasteiger partial charge is 0.495 e. The third-order valence-electron chi connectivity index (χ3n) is 2.90. The van der Waals surface area contributed by atoms with Gasteiger partial charge in [0.15, 0.2) is 0 Å². The van der Waals surface area contributed by atoms with Crippen molar-refractivity contribution in [3.8, 4) is 11.5 Å². The average Bonchev–Trinajstić information content (AvgIpc) is 2.93. The van der Waals surface area contributed by atoms with Crippen molar-refractivity contribution in [2.75, 3.05) is 20.9 Å². The molecule has 0 fully saturated rings. The summed E-state index contributed by atoms with van der Waals surface area (Å²) in [6.45, 7) is -0.283. The lowest BCUT2D eigenvalue weighted by molar-refractivity contribution is 0.375. The van der Waals surface area contributed by atoms with Crippen LogP contribution in [0.15, 0.2) is 35.4 Å². The highest BCUT2D eigenvalue weighted by Crippen LogP contribution is 2.32. The van der Waals surface area contributed by atoms with E-state index in [-0.39, 0.29) is 12.3 Å². The first-order valence-corrected chi connectivity index (χ1v) is 7.69. The highest BCUT2D eigenvalue weighted by molar-refractivity contribution is 7.84. The number of nitrogens with zero attached hydrogens (tertiary/aromatic N) is 2. The van der Waals surface area contributed by atoms with Crippen LogP contribution < -0.4 is 9.47 Å². The number of halogens is 1. The fraction of sp³-hybridized carbons (Fsp3) is 0.357. The van der Waals surface area contributed by atoms with E-state index in [0.717, 1.165) is 0 Å². The number of alkyl halides is 1. The first kappa shape index (κ1) is 15.5. The minimum Gasteiger partial charge on any atom is -0.495 e. The molecule has 7 heteroatoms. The number of hydrogen-bond donors (Lipinski definition) is 0. The molecule has 0 spiro atoms. The summed E-state index contributed by atoms with van der Waals surface area (Å²) in [5, 5.41) is 4.18. The van der Waals surface area contributed by atoms with Crippen molar-refractivity contribution in [3.05, 3.63) is 36.2 Å².